The number of halogens is 2. The van der Waals surface area contributed by atoms with Gasteiger partial charge in [-0.15, -0.1) is 17.5 Å². The summed E-state index contributed by atoms with van der Waals surface area (Å²) in [6.07, 6.45) is 6.17. The highest BCUT2D eigenvalue weighted by Gasteiger charge is 2.27. The van der Waals surface area contributed by atoms with E-state index >= 15 is 0 Å². The van der Waals surface area contributed by atoms with E-state index in [-0.39, 0.29) is 18.3 Å². The van der Waals surface area contributed by atoms with Gasteiger partial charge >= 0.3 is 0 Å². The topological polar surface area (TPSA) is 75.9 Å². The van der Waals surface area contributed by atoms with Gasteiger partial charge in [0.25, 0.3) is 5.91 Å². The lowest BCUT2D eigenvalue weighted by Crippen LogP contribution is -2.45. The van der Waals surface area contributed by atoms with Crippen molar-refractivity contribution in [2.24, 2.45) is 5.92 Å². The molecule has 1 saturated heterocycles. The number of aromatic nitrogens is 4. The first kappa shape index (κ1) is 19.1. The maximum Gasteiger partial charge on any atom is 0.256 e. The van der Waals surface area contributed by atoms with Gasteiger partial charge in [0.1, 0.15) is 6.33 Å². The lowest BCUT2D eigenvalue weighted by atomic mass is 10.0. The third kappa shape index (κ3) is 4.34. The van der Waals surface area contributed by atoms with Crippen LogP contribution in [0.25, 0.3) is 5.69 Å². The smallest absolute Gasteiger partial charge is 0.256 e. The van der Waals surface area contributed by atoms with E-state index in [9.17, 15) is 4.79 Å². The van der Waals surface area contributed by atoms with Crippen molar-refractivity contribution in [2.45, 2.75) is 31.7 Å². The van der Waals surface area contributed by atoms with E-state index in [1.54, 1.807) is 18.2 Å². The van der Waals surface area contributed by atoms with Crippen LogP contribution in [0.1, 0.15) is 36.0 Å². The monoisotopic (exact) mass is 396 g/mol. The molecule has 140 valence electrons. The van der Waals surface area contributed by atoms with Crippen LogP contribution < -0.4 is 5.32 Å². The van der Waals surface area contributed by atoms with Crippen LogP contribution in [0.3, 0.4) is 0 Å². The minimum atomic E-state index is -0.0198. The summed E-state index contributed by atoms with van der Waals surface area (Å²) in [7, 11) is 0. The van der Waals surface area contributed by atoms with E-state index < -0.39 is 0 Å². The largest absolute Gasteiger partial charge is 0.338 e. The molecule has 0 atom stereocenters. The molecule has 2 fully saturated rings. The number of benzene rings is 1. The van der Waals surface area contributed by atoms with Crippen molar-refractivity contribution >= 4 is 29.9 Å². The highest BCUT2D eigenvalue weighted by Crippen LogP contribution is 2.28. The summed E-state index contributed by atoms with van der Waals surface area (Å²) in [6.45, 7) is 2.63. The van der Waals surface area contributed by atoms with E-state index in [1.807, 2.05) is 4.90 Å². The van der Waals surface area contributed by atoms with Crippen molar-refractivity contribution in [3.63, 3.8) is 0 Å². The molecule has 0 spiro atoms. The maximum absolute atomic E-state index is 13.0. The van der Waals surface area contributed by atoms with Crippen LogP contribution >= 0.6 is 24.0 Å². The second kappa shape index (κ2) is 8.33. The van der Waals surface area contributed by atoms with Gasteiger partial charge in [0, 0.05) is 24.2 Å². The number of hydrogen-bond donors (Lipinski definition) is 1. The molecule has 1 aliphatic heterocycles. The van der Waals surface area contributed by atoms with Crippen LogP contribution in [0.2, 0.25) is 5.02 Å². The van der Waals surface area contributed by atoms with Gasteiger partial charge < -0.3 is 10.2 Å². The first-order valence-electron chi connectivity index (χ1n) is 8.76. The number of amides is 1. The molecule has 0 radical (unpaired) electrons. The average Bonchev–Trinajstić information content (AvgIpc) is 3.31. The molecule has 1 aliphatic carbocycles. The number of hydrogen-bond acceptors (Lipinski definition) is 5. The van der Waals surface area contributed by atoms with E-state index in [0.29, 0.717) is 22.3 Å². The number of piperidine rings is 1. The van der Waals surface area contributed by atoms with Crippen molar-refractivity contribution in [1.29, 1.82) is 0 Å². The van der Waals surface area contributed by atoms with Crippen molar-refractivity contribution in [2.75, 3.05) is 19.6 Å². The highest BCUT2D eigenvalue weighted by molar-refractivity contribution is 6.31. The van der Waals surface area contributed by atoms with Crippen molar-refractivity contribution in [1.82, 2.24) is 30.4 Å². The summed E-state index contributed by atoms with van der Waals surface area (Å²) in [6, 6.07) is 5.72. The Kier molecular flexibility index (Phi) is 6.11. The number of tetrazole rings is 1. The SMILES string of the molecule is Cl.O=C(c1cc(Cl)ccc1-n1cnnn1)N1CCC(NCC2CC2)CC1. The van der Waals surface area contributed by atoms with Crippen LogP contribution in [0, 0.1) is 5.92 Å². The Balaban J connectivity index is 0.00000196. The Bertz CT molecular complexity index is 742. The molecule has 1 amide bonds. The van der Waals surface area contributed by atoms with Crippen LogP contribution in [0.15, 0.2) is 24.5 Å². The van der Waals surface area contributed by atoms with Crippen LogP contribution in [0.5, 0.6) is 0 Å². The summed E-state index contributed by atoms with van der Waals surface area (Å²) < 4.78 is 1.49. The third-order valence-corrected chi connectivity index (χ3v) is 5.19. The molecular weight excluding hydrogens is 375 g/mol. The van der Waals surface area contributed by atoms with Crippen LogP contribution in [-0.4, -0.2) is 56.7 Å². The van der Waals surface area contributed by atoms with Gasteiger partial charge in [-0.1, -0.05) is 11.6 Å². The molecule has 1 N–H and O–H groups in total. The predicted octanol–water partition coefficient (Wildman–Crippen LogP) is 2.34. The number of nitrogens with zero attached hydrogens (tertiary/aromatic N) is 5. The lowest BCUT2D eigenvalue weighted by molar-refractivity contribution is 0.0705. The standard InChI is InChI=1S/C17H21ClN6O.ClH/c18-13-3-4-16(24-11-20-21-22-24)15(9-13)17(25)23-7-5-14(6-8-23)19-10-12-1-2-12;/h3-4,9,11-12,14,19H,1-2,5-8,10H2;1H. The van der Waals surface area contributed by atoms with E-state index in [1.165, 1.54) is 23.9 Å². The average molecular weight is 397 g/mol. The van der Waals surface area contributed by atoms with Crippen LogP contribution in [0.4, 0.5) is 0 Å². The summed E-state index contributed by atoms with van der Waals surface area (Å²) in [5.41, 5.74) is 1.18. The molecule has 4 rings (SSSR count). The number of rotatable bonds is 5. The quantitative estimate of drug-likeness (QED) is 0.838. The van der Waals surface area contributed by atoms with Crippen LogP contribution in [-0.2, 0) is 0 Å². The number of carbonyl (C=O) groups is 1. The second-order valence-electron chi connectivity index (χ2n) is 6.83. The van der Waals surface area contributed by atoms with Gasteiger partial charge in [0.2, 0.25) is 0 Å². The van der Waals surface area contributed by atoms with Gasteiger partial charge in [0.05, 0.1) is 11.3 Å². The fourth-order valence-corrected chi connectivity index (χ4v) is 3.44. The van der Waals surface area contributed by atoms with Gasteiger partial charge in [-0.05, 0) is 66.8 Å². The summed E-state index contributed by atoms with van der Waals surface area (Å²) in [4.78, 5) is 14.9. The maximum atomic E-state index is 13.0. The minimum Gasteiger partial charge on any atom is -0.338 e. The summed E-state index contributed by atoms with van der Waals surface area (Å²) >= 11 is 6.12. The summed E-state index contributed by atoms with van der Waals surface area (Å²) in [5, 5.41) is 15.4. The Morgan fingerprint density at radius 1 is 1.23 bits per heavy atom. The van der Waals surface area contributed by atoms with E-state index in [0.717, 1.165) is 38.4 Å². The Morgan fingerprint density at radius 2 is 2.00 bits per heavy atom. The van der Waals surface area contributed by atoms with Crippen molar-refractivity contribution < 1.29 is 4.79 Å². The molecule has 26 heavy (non-hydrogen) atoms. The second-order valence-corrected chi connectivity index (χ2v) is 7.27. The fourth-order valence-electron chi connectivity index (χ4n) is 3.26. The van der Waals surface area contributed by atoms with Gasteiger partial charge in [0.15, 0.2) is 0 Å². The predicted molar refractivity (Wildman–Crippen MR) is 101 cm³/mol. The number of likely N-dealkylation sites (tertiary alicyclic amines) is 1. The Morgan fingerprint density at radius 3 is 2.65 bits per heavy atom. The zero-order valence-electron chi connectivity index (χ0n) is 14.3. The van der Waals surface area contributed by atoms with E-state index in [2.05, 4.69) is 20.8 Å². The molecule has 9 heteroatoms. The lowest BCUT2D eigenvalue weighted by Gasteiger charge is -2.33. The molecule has 1 aromatic heterocycles. The highest BCUT2D eigenvalue weighted by atomic mass is 35.5. The molecule has 7 nitrogen and oxygen atoms in total. The summed E-state index contributed by atoms with van der Waals surface area (Å²) in [5.74, 6) is 0.860. The number of nitrogens with one attached hydrogen (secondary N) is 1. The fraction of sp³-hybridized carbons (Fsp3) is 0.529. The minimum absolute atomic E-state index is 0. The molecule has 1 aromatic carbocycles. The zero-order valence-corrected chi connectivity index (χ0v) is 15.9. The molecule has 2 aromatic rings. The molecular formula is C17H22Cl2N6O. The number of carbonyl (C=O) groups excluding carboxylic acids is 1. The Labute approximate surface area is 163 Å². The van der Waals surface area contributed by atoms with E-state index in [4.69, 9.17) is 11.6 Å². The van der Waals surface area contributed by atoms with Crippen molar-refractivity contribution in [3.05, 3.63) is 35.1 Å². The van der Waals surface area contributed by atoms with Gasteiger partial charge in [-0.3, -0.25) is 4.79 Å². The Hall–Kier alpha value is -1.70. The third-order valence-electron chi connectivity index (χ3n) is 4.96. The van der Waals surface area contributed by atoms with Crippen molar-refractivity contribution in [3.8, 4) is 5.69 Å². The molecule has 2 heterocycles. The van der Waals surface area contributed by atoms with Gasteiger partial charge in [-0.25, -0.2) is 0 Å². The molecule has 2 aliphatic rings. The first-order chi connectivity index (χ1) is 12.2. The van der Waals surface area contributed by atoms with Gasteiger partial charge in [-0.2, -0.15) is 4.68 Å². The normalized spacial score (nSPS) is 17.8. The zero-order chi connectivity index (χ0) is 17.2. The molecule has 0 bridgehead atoms. The first-order valence-corrected chi connectivity index (χ1v) is 9.14. The molecule has 0 unspecified atom stereocenters. The molecule has 1 saturated carbocycles.